The minimum atomic E-state index is -0.0782. The summed E-state index contributed by atoms with van der Waals surface area (Å²) >= 11 is 0. The fraction of sp³-hybridized carbons (Fsp3) is 0.562. The Morgan fingerprint density at radius 1 is 1.35 bits per heavy atom. The van der Waals surface area contributed by atoms with Gasteiger partial charge in [0, 0.05) is 12.6 Å². The average molecular weight is 276 g/mol. The van der Waals surface area contributed by atoms with Crippen molar-refractivity contribution >= 4 is 5.91 Å². The summed E-state index contributed by atoms with van der Waals surface area (Å²) in [5.74, 6) is 0.00456. The lowest BCUT2D eigenvalue weighted by atomic mass is 10.0. The normalized spacial score (nSPS) is 21.9. The van der Waals surface area contributed by atoms with E-state index in [0.29, 0.717) is 19.8 Å². The maximum absolute atomic E-state index is 12.3. The highest BCUT2D eigenvalue weighted by Crippen LogP contribution is 2.14. The van der Waals surface area contributed by atoms with Crippen molar-refractivity contribution in [3.05, 3.63) is 35.4 Å². The minimum absolute atomic E-state index is 0.0782. The molecule has 2 unspecified atom stereocenters. The monoisotopic (exact) mass is 276 g/mol. The van der Waals surface area contributed by atoms with E-state index in [1.165, 1.54) is 5.56 Å². The molecule has 1 amide bonds. The molecule has 110 valence electrons. The zero-order chi connectivity index (χ0) is 14.4. The van der Waals surface area contributed by atoms with Gasteiger partial charge in [0.1, 0.15) is 0 Å². The third-order valence-electron chi connectivity index (χ3n) is 3.79. The van der Waals surface area contributed by atoms with Crippen LogP contribution >= 0.6 is 0 Å². The van der Waals surface area contributed by atoms with Gasteiger partial charge in [0.2, 0.25) is 5.91 Å². The molecule has 1 aliphatic heterocycles. The van der Waals surface area contributed by atoms with E-state index >= 15 is 0 Å². The molecule has 1 saturated heterocycles. The molecular weight excluding hydrogens is 252 g/mol. The van der Waals surface area contributed by atoms with Gasteiger partial charge in [-0.1, -0.05) is 31.2 Å². The van der Waals surface area contributed by atoms with Crippen molar-refractivity contribution in [1.29, 1.82) is 0 Å². The molecule has 1 heterocycles. The number of nitrogens with one attached hydrogen (secondary N) is 2. The molecule has 0 spiro atoms. The molecular formula is C16H24N2O2. The summed E-state index contributed by atoms with van der Waals surface area (Å²) in [4.78, 5) is 12.3. The lowest BCUT2D eigenvalue weighted by Crippen LogP contribution is -2.44. The Kier molecular flexibility index (Phi) is 5.56. The number of hydrogen-bond acceptors (Lipinski definition) is 3. The largest absolute Gasteiger partial charge is 0.379 e. The topological polar surface area (TPSA) is 50.4 Å². The standard InChI is InChI=1S/C16H24N2O2/c1-3-8-17-15-11-20-10-14(15)16(19)18-9-13-7-5-4-6-12(13)2/h4-7,14-15,17H,3,8-11H2,1-2H3,(H,18,19). The highest BCUT2D eigenvalue weighted by Gasteiger charge is 2.33. The van der Waals surface area contributed by atoms with Gasteiger partial charge in [-0.15, -0.1) is 0 Å². The molecule has 0 aliphatic carbocycles. The van der Waals surface area contributed by atoms with Gasteiger partial charge >= 0.3 is 0 Å². The molecule has 1 aliphatic rings. The molecule has 20 heavy (non-hydrogen) atoms. The third kappa shape index (κ3) is 3.81. The van der Waals surface area contributed by atoms with E-state index in [1.807, 2.05) is 18.2 Å². The summed E-state index contributed by atoms with van der Waals surface area (Å²) in [6.07, 6.45) is 1.06. The number of rotatable bonds is 6. The molecule has 1 aromatic carbocycles. The first-order valence-electron chi connectivity index (χ1n) is 7.35. The SMILES string of the molecule is CCCNC1COCC1C(=O)NCc1ccccc1C. The Balaban J connectivity index is 1.86. The number of amides is 1. The molecule has 0 aromatic heterocycles. The van der Waals surface area contributed by atoms with Crippen molar-refractivity contribution in [2.45, 2.75) is 32.9 Å². The van der Waals surface area contributed by atoms with Crippen LogP contribution in [0.5, 0.6) is 0 Å². The predicted molar refractivity (Wildman–Crippen MR) is 79.4 cm³/mol. The Morgan fingerprint density at radius 3 is 2.90 bits per heavy atom. The smallest absolute Gasteiger partial charge is 0.227 e. The molecule has 0 radical (unpaired) electrons. The van der Waals surface area contributed by atoms with E-state index in [4.69, 9.17) is 4.74 Å². The van der Waals surface area contributed by atoms with Crippen molar-refractivity contribution in [3.8, 4) is 0 Å². The van der Waals surface area contributed by atoms with Crippen molar-refractivity contribution in [2.24, 2.45) is 5.92 Å². The Bertz CT molecular complexity index is 448. The van der Waals surface area contributed by atoms with Crippen LogP contribution in [0.4, 0.5) is 0 Å². The van der Waals surface area contributed by atoms with Gasteiger partial charge in [0.05, 0.1) is 19.1 Å². The Morgan fingerprint density at radius 2 is 2.15 bits per heavy atom. The lowest BCUT2D eigenvalue weighted by Gasteiger charge is -2.18. The summed E-state index contributed by atoms with van der Waals surface area (Å²) in [5.41, 5.74) is 2.37. The van der Waals surface area contributed by atoms with Crippen molar-refractivity contribution in [2.75, 3.05) is 19.8 Å². The second-order valence-corrected chi connectivity index (χ2v) is 5.35. The van der Waals surface area contributed by atoms with Gasteiger partial charge in [-0.2, -0.15) is 0 Å². The molecule has 4 nitrogen and oxygen atoms in total. The number of hydrogen-bond donors (Lipinski definition) is 2. The molecule has 4 heteroatoms. The van der Waals surface area contributed by atoms with E-state index in [9.17, 15) is 4.79 Å². The van der Waals surface area contributed by atoms with Gasteiger partial charge in [-0.05, 0) is 31.0 Å². The highest BCUT2D eigenvalue weighted by atomic mass is 16.5. The number of carbonyl (C=O) groups is 1. The summed E-state index contributed by atoms with van der Waals surface area (Å²) in [6.45, 7) is 6.84. The molecule has 0 saturated carbocycles. The van der Waals surface area contributed by atoms with Crippen LogP contribution in [-0.4, -0.2) is 31.7 Å². The first-order chi connectivity index (χ1) is 9.72. The first-order valence-corrected chi connectivity index (χ1v) is 7.35. The van der Waals surface area contributed by atoms with E-state index < -0.39 is 0 Å². The molecule has 2 N–H and O–H groups in total. The van der Waals surface area contributed by atoms with Gasteiger partial charge in [0.25, 0.3) is 0 Å². The van der Waals surface area contributed by atoms with Gasteiger partial charge in [-0.3, -0.25) is 4.79 Å². The van der Waals surface area contributed by atoms with Gasteiger partial charge < -0.3 is 15.4 Å². The van der Waals surface area contributed by atoms with E-state index in [2.05, 4.69) is 30.5 Å². The molecule has 2 atom stereocenters. The number of ether oxygens (including phenoxy) is 1. The van der Waals surface area contributed by atoms with Crippen LogP contribution in [-0.2, 0) is 16.1 Å². The zero-order valence-corrected chi connectivity index (χ0v) is 12.3. The number of aryl methyl sites for hydroxylation is 1. The summed E-state index contributed by atoms with van der Waals surface area (Å²) in [5, 5.41) is 6.42. The first kappa shape index (κ1) is 15.0. The van der Waals surface area contributed by atoms with Gasteiger partial charge in [-0.25, -0.2) is 0 Å². The number of carbonyl (C=O) groups excluding carboxylic acids is 1. The zero-order valence-electron chi connectivity index (χ0n) is 12.3. The van der Waals surface area contributed by atoms with Crippen LogP contribution in [0.1, 0.15) is 24.5 Å². The van der Waals surface area contributed by atoms with Crippen LogP contribution in [0, 0.1) is 12.8 Å². The van der Waals surface area contributed by atoms with E-state index in [1.54, 1.807) is 0 Å². The average Bonchev–Trinajstić information content (AvgIpc) is 2.92. The maximum atomic E-state index is 12.3. The third-order valence-corrected chi connectivity index (χ3v) is 3.79. The van der Waals surface area contributed by atoms with Crippen molar-refractivity contribution in [3.63, 3.8) is 0 Å². The Labute approximate surface area is 120 Å². The quantitative estimate of drug-likeness (QED) is 0.830. The highest BCUT2D eigenvalue weighted by molar-refractivity contribution is 5.79. The second-order valence-electron chi connectivity index (χ2n) is 5.35. The summed E-state index contributed by atoms with van der Waals surface area (Å²) < 4.78 is 5.44. The van der Waals surface area contributed by atoms with Crippen LogP contribution in [0.25, 0.3) is 0 Å². The molecule has 1 aromatic rings. The summed E-state index contributed by atoms with van der Waals surface area (Å²) in [7, 11) is 0. The van der Waals surface area contributed by atoms with Crippen LogP contribution in [0.2, 0.25) is 0 Å². The molecule has 1 fully saturated rings. The number of benzene rings is 1. The molecule has 0 bridgehead atoms. The van der Waals surface area contributed by atoms with Gasteiger partial charge in [0.15, 0.2) is 0 Å². The second kappa shape index (κ2) is 7.41. The maximum Gasteiger partial charge on any atom is 0.227 e. The van der Waals surface area contributed by atoms with E-state index in [0.717, 1.165) is 18.5 Å². The van der Waals surface area contributed by atoms with E-state index in [-0.39, 0.29) is 17.9 Å². The molecule has 2 rings (SSSR count). The fourth-order valence-corrected chi connectivity index (χ4v) is 2.47. The Hall–Kier alpha value is -1.39. The van der Waals surface area contributed by atoms with Crippen LogP contribution in [0.3, 0.4) is 0 Å². The lowest BCUT2D eigenvalue weighted by molar-refractivity contribution is -0.125. The van der Waals surface area contributed by atoms with Crippen LogP contribution in [0.15, 0.2) is 24.3 Å². The van der Waals surface area contributed by atoms with Crippen LogP contribution < -0.4 is 10.6 Å². The summed E-state index contributed by atoms with van der Waals surface area (Å²) in [6, 6.07) is 8.26. The van der Waals surface area contributed by atoms with Crippen molar-refractivity contribution < 1.29 is 9.53 Å². The predicted octanol–water partition coefficient (Wildman–Crippen LogP) is 1.63. The van der Waals surface area contributed by atoms with Crippen molar-refractivity contribution in [1.82, 2.24) is 10.6 Å². The fourth-order valence-electron chi connectivity index (χ4n) is 2.47. The minimum Gasteiger partial charge on any atom is -0.379 e.